The van der Waals surface area contributed by atoms with Gasteiger partial charge in [-0.15, -0.1) is 0 Å². The van der Waals surface area contributed by atoms with Gasteiger partial charge in [-0.25, -0.2) is 0 Å². The molecule has 1 aromatic rings. The van der Waals surface area contributed by atoms with Crippen LogP contribution in [0.2, 0.25) is 0 Å². The molecule has 1 aliphatic rings. The van der Waals surface area contributed by atoms with E-state index in [1.807, 2.05) is 6.07 Å². The van der Waals surface area contributed by atoms with Crippen molar-refractivity contribution in [1.29, 1.82) is 0 Å². The van der Waals surface area contributed by atoms with Gasteiger partial charge in [0.1, 0.15) is 0 Å². The van der Waals surface area contributed by atoms with Gasteiger partial charge < -0.3 is 5.32 Å². The summed E-state index contributed by atoms with van der Waals surface area (Å²) in [6.07, 6.45) is 10.3. The lowest BCUT2D eigenvalue weighted by Gasteiger charge is -2.20. The number of nitrogens with zero attached hydrogens (tertiary/aromatic N) is 1. The van der Waals surface area contributed by atoms with Crippen molar-refractivity contribution in [3.8, 4) is 0 Å². The van der Waals surface area contributed by atoms with Gasteiger partial charge in [0.2, 0.25) is 5.91 Å². The first kappa shape index (κ1) is 12.6. The molecule has 0 aliphatic heterocycles. The third-order valence-electron chi connectivity index (χ3n) is 3.19. The van der Waals surface area contributed by atoms with Crippen molar-refractivity contribution in [2.45, 2.75) is 38.5 Å². The Balaban J connectivity index is 1.84. The number of anilines is 1. The molecule has 1 N–H and O–H groups in total. The van der Waals surface area contributed by atoms with Crippen LogP contribution in [0.5, 0.6) is 0 Å². The number of carbonyl (C=O) groups is 1. The number of rotatable bonds is 3. The van der Waals surface area contributed by atoms with Gasteiger partial charge in [0.25, 0.3) is 0 Å². The molecule has 0 bridgehead atoms. The average Bonchev–Trinajstić information content (AvgIpc) is 2.30. The van der Waals surface area contributed by atoms with Gasteiger partial charge in [-0.05, 0) is 40.8 Å². The first-order valence-electron chi connectivity index (χ1n) is 6.14. The van der Waals surface area contributed by atoms with E-state index in [2.05, 4.69) is 26.2 Å². The summed E-state index contributed by atoms with van der Waals surface area (Å²) in [6, 6.07) is 1.87. The fraction of sp³-hybridized carbons (Fsp3) is 0.538. The fourth-order valence-electron chi connectivity index (χ4n) is 2.35. The third-order valence-corrected chi connectivity index (χ3v) is 3.62. The minimum atomic E-state index is 0.108. The van der Waals surface area contributed by atoms with Crippen LogP contribution in [0.3, 0.4) is 0 Å². The van der Waals surface area contributed by atoms with Gasteiger partial charge in [-0.3, -0.25) is 9.78 Å². The Morgan fingerprint density at radius 2 is 2.12 bits per heavy atom. The van der Waals surface area contributed by atoms with Crippen LogP contribution in [-0.4, -0.2) is 10.9 Å². The highest BCUT2D eigenvalue weighted by Gasteiger charge is 2.17. The van der Waals surface area contributed by atoms with E-state index in [-0.39, 0.29) is 5.91 Å². The Labute approximate surface area is 110 Å². The summed E-state index contributed by atoms with van der Waals surface area (Å²) in [5.74, 6) is 0.681. The number of pyridine rings is 1. The van der Waals surface area contributed by atoms with Crippen molar-refractivity contribution >= 4 is 27.5 Å². The van der Waals surface area contributed by atoms with Gasteiger partial charge in [0.05, 0.1) is 11.9 Å². The summed E-state index contributed by atoms with van der Waals surface area (Å²) in [5.41, 5.74) is 0.764. The zero-order chi connectivity index (χ0) is 12.1. The molecular weight excluding hydrogens is 280 g/mol. The molecular formula is C13H17BrN2O. The number of aromatic nitrogens is 1. The number of hydrogen-bond acceptors (Lipinski definition) is 2. The average molecular weight is 297 g/mol. The highest BCUT2D eigenvalue weighted by atomic mass is 79.9. The predicted octanol–water partition coefficient (Wildman–Crippen LogP) is 3.75. The van der Waals surface area contributed by atoms with Crippen molar-refractivity contribution in [1.82, 2.24) is 4.98 Å². The molecule has 1 heterocycles. The molecule has 0 spiro atoms. The zero-order valence-electron chi connectivity index (χ0n) is 9.79. The van der Waals surface area contributed by atoms with Crippen molar-refractivity contribution in [3.63, 3.8) is 0 Å². The molecule has 0 aromatic carbocycles. The fourth-order valence-corrected chi connectivity index (χ4v) is 2.71. The minimum Gasteiger partial charge on any atom is -0.325 e. The molecule has 0 unspecified atom stereocenters. The van der Waals surface area contributed by atoms with Crippen LogP contribution in [0.15, 0.2) is 22.9 Å². The summed E-state index contributed by atoms with van der Waals surface area (Å²) in [6.45, 7) is 0. The molecule has 0 radical (unpaired) electrons. The maximum Gasteiger partial charge on any atom is 0.224 e. The van der Waals surface area contributed by atoms with Crippen molar-refractivity contribution in [2.24, 2.45) is 5.92 Å². The Bertz CT molecular complexity index is 389. The predicted molar refractivity (Wildman–Crippen MR) is 71.8 cm³/mol. The molecule has 1 fully saturated rings. The van der Waals surface area contributed by atoms with E-state index in [1.165, 1.54) is 32.1 Å². The maximum atomic E-state index is 11.8. The highest BCUT2D eigenvalue weighted by molar-refractivity contribution is 9.10. The third kappa shape index (κ3) is 4.11. The van der Waals surface area contributed by atoms with Crippen molar-refractivity contribution < 1.29 is 4.79 Å². The number of amides is 1. The van der Waals surface area contributed by atoms with E-state index in [4.69, 9.17) is 0 Å². The molecule has 92 valence electrons. The van der Waals surface area contributed by atoms with Crippen LogP contribution in [0.1, 0.15) is 38.5 Å². The zero-order valence-corrected chi connectivity index (χ0v) is 11.4. The Hall–Kier alpha value is -0.900. The van der Waals surface area contributed by atoms with Gasteiger partial charge in [0.15, 0.2) is 0 Å². The largest absolute Gasteiger partial charge is 0.325 e. The smallest absolute Gasteiger partial charge is 0.224 e. The van der Waals surface area contributed by atoms with Crippen LogP contribution in [0.25, 0.3) is 0 Å². The lowest BCUT2D eigenvalue weighted by atomic mass is 9.87. The highest BCUT2D eigenvalue weighted by Crippen LogP contribution is 2.26. The Morgan fingerprint density at radius 1 is 1.35 bits per heavy atom. The van der Waals surface area contributed by atoms with Crippen LogP contribution in [0.4, 0.5) is 5.69 Å². The summed E-state index contributed by atoms with van der Waals surface area (Å²) in [7, 11) is 0. The second kappa shape index (κ2) is 6.15. The molecule has 4 heteroatoms. The van der Waals surface area contributed by atoms with Gasteiger partial charge >= 0.3 is 0 Å². The van der Waals surface area contributed by atoms with Gasteiger partial charge in [-0.2, -0.15) is 0 Å². The summed E-state index contributed by atoms with van der Waals surface area (Å²) in [4.78, 5) is 15.9. The standard InChI is InChI=1S/C13H17BrN2O/c14-11-7-12(9-15-8-11)16-13(17)6-10-4-2-1-3-5-10/h7-10H,1-6H2,(H,16,17). The number of halogens is 1. The molecule has 17 heavy (non-hydrogen) atoms. The molecule has 0 atom stereocenters. The normalized spacial score (nSPS) is 16.8. The molecule has 1 aromatic heterocycles. The summed E-state index contributed by atoms with van der Waals surface area (Å²) in [5, 5.41) is 2.90. The van der Waals surface area contributed by atoms with Crippen molar-refractivity contribution in [2.75, 3.05) is 5.32 Å². The van der Waals surface area contributed by atoms with Crippen molar-refractivity contribution in [3.05, 3.63) is 22.9 Å². The lowest BCUT2D eigenvalue weighted by Crippen LogP contribution is -2.18. The van der Waals surface area contributed by atoms with E-state index in [1.54, 1.807) is 12.4 Å². The first-order valence-corrected chi connectivity index (χ1v) is 6.94. The van der Waals surface area contributed by atoms with Crippen LogP contribution >= 0.6 is 15.9 Å². The molecule has 3 nitrogen and oxygen atoms in total. The van der Waals surface area contributed by atoms with E-state index < -0.39 is 0 Å². The van der Waals surface area contributed by atoms with E-state index in [0.717, 1.165) is 10.2 Å². The van der Waals surface area contributed by atoms with E-state index >= 15 is 0 Å². The number of hydrogen-bond donors (Lipinski definition) is 1. The Kier molecular flexibility index (Phi) is 4.54. The van der Waals surface area contributed by atoms with Crippen LogP contribution < -0.4 is 5.32 Å². The van der Waals surface area contributed by atoms with Gasteiger partial charge in [-0.1, -0.05) is 19.3 Å². The lowest BCUT2D eigenvalue weighted by molar-refractivity contribution is -0.117. The molecule has 0 saturated heterocycles. The summed E-state index contributed by atoms with van der Waals surface area (Å²) >= 11 is 3.34. The van der Waals surface area contributed by atoms with Crippen LogP contribution in [-0.2, 0) is 4.79 Å². The second-order valence-corrected chi connectivity index (χ2v) is 5.56. The minimum absolute atomic E-state index is 0.108. The molecule has 1 saturated carbocycles. The maximum absolute atomic E-state index is 11.8. The quantitative estimate of drug-likeness (QED) is 0.923. The summed E-state index contributed by atoms with van der Waals surface area (Å²) < 4.78 is 0.882. The number of carbonyl (C=O) groups excluding carboxylic acids is 1. The Morgan fingerprint density at radius 3 is 2.82 bits per heavy atom. The SMILES string of the molecule is O=C(CC1CCCCC1)Nc1cncc(Br)c1. The second-order valence-electron chi connectivity index (χ2n) is 4.65. The number of nitrogens with one attached hydrogen (secondary N) is 1. The molecule has 1 aliphatic carbocycles. The monoisotopic (exact) mass is 296 g/mol. The van der Waals surface area contributed by atoms with E-state index in [0.29, 0.717) is 12.3 Å². The molecule has 1 amide bonds. The van der Waals surface area contributed by atoms with E-state index in [9.17, 15) is 4.79 Å². The topological polar surface area (TPSA) is 42.0 Å². The van der Waals surface area contributed by atoms with Crippen LogP contribution in [0, 0.1) is 5.92 Å². The molecule has 2 rings (SSSR count). The first-order chi connectivity index (χ1) is 8.24. The van der Waals surface area contributed by atoms with Gasteiger partial charge in [0, 0.05) is 17.1 Å².